The number of furan rings is 1. The molecule has 0 spiro atoms. The van der Waals surface area contributed by atoms with Crippen molar-refractivity contribution in [1.82, 2.24) is 20.2 Å². The fourth-order valence-corrected chi connectivity index (χ4v) is 2.65. The smallest absolute Gasteiger partial charge is 0.371 e. The highest BCUT2D eigenvalue weighted by Gasteiger charge is 2.29. The summed E-state index contributed by atoms with van der Waals surface area (Å²) in [6.45, 7) is 1.93. The summed E-state index contributed by atoms with van der Waals surface area (Å²) in [4.78, 5) is 10.8. The number of hydrogen-bond donors (Lipinski definition) is 1. The molecule has 3 rings (SSSR count). The van der Waals surface area contributed by atoms with Crippen molar-refractivity contribution < 1.29 is 14.3 Å². The second-order valence-corrected chi connectivity index (χ2v) is 5.71. The lowest BCUT2D eigenvalue weighted by atomic mass is 10.3. The quantitative estimate of drug-likeness (QED) is 0.838. The Hall–Kier alpha value is -1.83. The molecule has 1 atom stereocenters. The van der Waals surface area contributed by atoms with Gasteiger partial charge in [-0.1, -0.05) is 11.8 Å². The van der Waals surface area contributed by atoms with Gasteiger partial charge in [-0.25, -0.2) is 9.48 Å². The van der Waals surface area contributed by atoms with Crippen LogP contribution in [0, 0.1) is 0 Å². The molecule has 2 heterocycles. The summed E-state index contributed by atoms with van der Waals surface area (Å²) in [7, 11) is 0. The van der Waals surface area contributed by atoms with Crippen LogP contribution in [0.3, 0.4) is 0 Å². The molecule has 1 aliphatic rings. The predicted molar refractivity (Wildman–Crippen MR) is 66.0 cm³/mol. The van der Waals surface area contributed by atoms with Crippen molar-refractivity contribution in [2.75, 3.05) is 0 Å². The SMILES string of the molecule is CC(Sc1nnnn1C1CC1)c1ccc(C(=O)O)o1. The summed E-state index contributed by atoms with van der Waals surface area (Å²) in [5.74, 6) is -0.511. The number of rotatable bonds is 5. The minimum atomic E-state index is -1.06. The number of carbonyl (C=O) groups is 1. The molecule has 7 nitrogen and oxygen atoms in total. The average molecular weight is 280 g/mol. The zero-order valence-electron chi connectivity index (χ0n) is 10.2. The molecule has 2 aromatic rings. The first-order chi connectivity index (χ1) is 9.15. The molecule has 1 fully saturated rings. The van der Waals surface area contributed by atoms with Crippen LogP contribution in [0.4, 0.5) is 0 Å². The van der Waals surface area contributed by atoms with Crippen LogP contribution in [-0.4, -0.2) is 31.3 Å². The predicted octanol–water partition coefficient (Wildman–Crippen LogP) is 2.15. The molecule has 1 N–H and O–H groups in total. The van der Waals surface area contributed by atoms with E-state index in [-0.39, 0.29) is 11.0 Å². The first kappa shape index (κ1) is 12.2. The zero-order valence-corrected chi connectivity index (χ0v) is 11.0. The van der Waals surface area contributed by atoms with Gasteiger partial charge >= 0.3 is 5.97 Å². The molecule has 1 unspecified atom stereocenters. The number of tetrazole rings is 1. The normalized spacial score (nSPS) is 16.5. The van der Waals surface area contributed by atoms with E-state index in [1.807, 2.05) is 11.6 Å². The van der Waals surface area contributed by atoms with Crippen molar-refractivity contribution in [3.8, 4) is 0 Å². The van der Waals surface area contributed by atoms with E-state index in [0.29, 0.717) is 11.8 Å². The number of thioether (sulfide) groups is 1. The number of carboxylic acid groups (broad SMARTS) is 1. The molecule has 2 aromatic heterocycles. The zero-order chi connectivity index (χ0) is 13.4. The maximum Gasteiger partial charge on any atom is 0.371 e. The van der Waals surface area contributed by atoms with Gasteiger partial charge in [0.1, 0.15) is 5.76 Å². The fourth-order valence-electron chi connectivity index (χ4n) is 1.71. The van der Waals surface area contributed by atoms with E-state index in [4.69, 9.17) is 9.52 Å². The van der Waals surface area contributed by atoms with Crippen molar-refractivity contribution in [3.05, 3.63) is 23.7 Å². The first-order valence-electron chi connectivity index (χ1n) is 5.92. The van der Waals surface area contributed by atoms with E-state index in [1.165, 1.54) is 17.8 Å². The van der Waals surface area contributed by atoms with E-state index >= 15 is 0 Å². The molecule has 0 saturated heterocycles. The van der Waals surface area contributed by atoms with E-state index in [9.17, 15) is 4.79 Å². The maximum absolute atomic E-state index is 10.8. The van der Waals surface area contributed by atoms with Gasteiger partial charge in [0, 0.05) is 0 Å². The third-order valence-electron chi connectivity index (χ3n) is 2.88. The van der Waals surface area contributed by atoms with Gasteiger partial charge < -0.3 is 9.52 Å². The molecule has 0 radical (unpaired) electrons. The van der Waals surface area contributed by atoms with Crippen LogP contribution in [0.15, 0.2) is 21.7 Å². The molecule has 0 aromatic carbocycles. The van der Waals surface area contributed by atoms with Crippen LogP contribution >= 0.6 is 11.8 Å². The van der Waals surface area contributed by atoms with Gasteiger partial charge in [0.15, 0.2) is 0 Å². The minimum absolute atomic E-state index is 0.0448. The topological polar surface area (TPSA) is 94.0 Å². The van der Waals surface area contributed by atoms with Crippen LogP contribution in [0.2, 0.25) is 0 Å². The summed E-state index contributed by atoms with van der Waals surface area (Å²) >= 11 is 1.46. The van der Waals surface area contributed by atoms with Gasteiger partial charge in [0.2, 0.25) is 10.9 Å². The van der Waals surface area contributed by atoms with Crippen molar-refractivity contribution in [3.63, 3.8) is 0 Å². The van der Waals surface area contributed by atoms with E-state index in [1.54, 1.807) is 6.07 Å². The van der Waals surface area contributed by atoms with Crippen LogP contribution in [0.1, 0.15) is 47.4 Å². The Labute approximate surface area is 113 Å². The Balaban J connectivity index is 1.74. The van der Waals surface area contributed by atoms with Gasteiger partial charge in [0.05, 0.1) is 11.3 Å². The van der Waals surface area contributed by atoms with Crippen LogP contribution in [0.25, 0.3) is 0 Å². The number of aromatic nitrogens is 4. The minimum Gasteiger partial charge on any atom is -0.475 e. The molecule has 19 heavy (non-hydrogen) atoms. The van der Waals surface area contributed by atoms with Gasteiger partial charge in [-0.05, 0) is 42.3 Å². The van der Waals surface area contributed by atoms with Crippen LogP contribution < -0.4 is 0 Å². The summed E-state index contributed by atoms with van der Waals surface area (Å²) in [6, 6.07) is 3.54. The van der Waals surface area contributed by atoms with Crippen LogP contribution in [0.5, 0.6) is 0 Å². The number of carboxylic acids is 1. The largest absolute Gasteiger partial charge is 0.475 e. The molecule has 0 bridgehead atoms. The van der Waals surface area contributed by atoms with Crippen molar-refractivity contribution in [2.24, 2.45) is 0 Å². The number of hydrogen-bond acceptors (Lipinski definition) is 6. The number of nitrogens with zero attached hydrogens (tertiary/aromatic N) is 4. The second kappa shape index (κ2) is 4.69. The summed E-state index contributed by atoms with van der Waals surface area (Å²) in [6.07, 6.45) is 2.22. The highest BCUT2D eigenvalue weighted by Crippen LogP contribution is 2.40. The van der Waals surface area contributed by atoms with Gasteiger partial charge in [-0.2, -0.15) is 0 Å². The average Bonchev–Trinajstić information content (AvgIpc) is 2.93. The second-order valence-electron chi connectivity index (χ2n) is 4.40. The van der Waals surface area contributed by atoms with Gasteiger partial charge in [-0.15, -0.1) is 5.10 Å². The Morgan fingerprint density at radius 2 is 2.37 bits per heavy atom. The van der Waals surface area contributed by atoms with Crippen molar-refractivity contribution >= 4 is 17.7 Å². The molecule has 1 aliphatic carbocycles. The van der Waals surface area contributed by atoms with Crippen LogP contribution in [-0.2, 0) is 0 Å². The molecular weight excluding hydrogens is 268 g/mol. The Bertz CT molecular complexity index is 605. The lowest BCUT2D eigenvalue weighted by Crippen LogP contribution is -2.00. The van der Waals surface area contributed by atoms with E-state index < -0.39 is 5.97 Å². The fraction of sp³-hybridized carbons (Fsp3) is 0.455. The Kier molecular flexibility index (Phi) is 3.02. The van der Waals surface area contributed by atoms with E-state index in [0.717, 1.165) is 18.0 Å². The lowest BCUT2D eigenvalue weighted by molar-refractivity contribution is 0.0660. The monoisotopic (exact) mass is 280 g/mol. The van der Waals surface area contributed by atoms with Gasteiger partial charge in [0.25, 0.3) is 0 Å². The summed E-state index contributed by atoms with van der Waals surface area (Å²) in [5.41, 5.74) is 0. The summed E-state index contributed by atoms with van der Waals surface area (Å²) < 4.78 is 7.10. The molecule has 0 aliphatic heterocycles. The first-order valence-corrected chi connectivity index (χ1v) is 6.80. The highest BCUT2D eigenvalue weighted by atomic mass is 32.2. The Morgan fingerprint density at radius 1 is 1.58 bits per heavy atom. The van der Waals surface area contributed by atoms with E-state index in [2.05, 4.69) is 15.5 Å². The lowest BCUT2D eigenvalue weighted by Gasteiger charge is -2.07. The summed E-state index contributed by atoms with van der Waals surface area (Å²) in [5, 5.41) is 21.2. The highest BCUT2D eigenvalue weighted by molar-refractivity contribution is 7.99. The third kappa shape index (κ3) is 2.48. The van der Waals surface area contributed by atoms with Crippen molar-refractivity contribution in [1.29, 1.82) is 0 Å². The Morgan fingerprint density at radius 3 is 3.00 bits per heavy atom. The molecular formula is C11H12N4O3S. The molecule has 8 heteroatoms. The molecule has 1 saturated carbocycles. The molecule has 100 valence electrons. The third-order valence-corrected chi connectivity index (χ3v) is 3.94. The van der Waals surface area contributed by atoms with Gasteiger partial charge in [-0.3, -0.25) is 0 Å². The standard InChI is InChI=1S/C11H12N4O3S/c1-6(8-4-5-9(18-8)10(16)17)19-11-12-13-14-15(11)7-2-3-7/h4-7H,2-3H2,1H3,(H,16,17). The number of aromatic carboxylic acids is 1. The molecule has 0 amide bonds. The maximum atomic E-state index is 10.8. The van der Waals surface area contributed by atoms with Crippen molar-refractivity contribution in [2.45, 2.75) is 36.2 Å².